The number of likely N-dealkylation sites (N-methyl/N-ethyl adjacent to an activating group) is 1. The number of nitrogens with zero attached hydrogens (tertiary/aromatic N) is 1. The standard InChI is InChI=1S/C10H19NO5/c1-6-5-7(11(2)3)8(9(12)15-6)16-10(13)14-4/h6-9,12H,5H2,1-4H3/t6-,7+,8-,9-/m1/s1. The Hall–Kier alpha value is -0.850. The summed E-state index contributed by atoms with van der Waals surface area (Å²) < 4.78 is 14.6. The van der Waals surface area contributed by atoms with Crippen molar-refractivity contribution in [3.05, 3.63) is 0 Å². The van der Waals surface area contributed by atoms with Crippen LogP contribution < -0.4 is 0 Å². The molecule has 94 valence electrons. The van der Waals surface area contributed by atoms with Crippen LogP contribution in [-0.4, -0.2) is 61.9 Å². The Morgan fingerprint density at radius 3 is 2.62 bits per heavy atom. The van der Waals surface area contributed by atoms with E-state index < -0.39 is 18.5 Å². The number of carbonyl (C=O) groups excluding carboxylic acids is 1. The smallest absolute Gasteiger partial charge is 0.438 e. The van der Waals surface area contributed by atoms with Crippen molar-refractivity contribution in [2.75, 3.05) is 21.2 Å². The SMILES string of the molecule is COC(=O)O[C@H]1[C@H](O)O[C@H](C)C[C@@H]1N(C)C. The summed E-state index contributed by atoms with van der Waals surface area (Å²) >= 11 is 0. The van der Waals surface area contributed by atoms with Gasteiger partial charge in [0.05, 0.1) is 19.3 Å². The molecule has 1 saturated heterocycles. The molecule has 0 spiro atoms. The molecule has 0 aromatic heterocycles. The highest BCUT2D eigenvalue weighted by molar-refractivity contribution is 5.60. The van der Waals surface area contributed by atoms with Crippen LogP contribution in [0.5, 0.6) is 0 Å². The van der Waals surface area contributed by atoms with E-state index in [9.17, 15) is 9.90 Å². The Balaban J connectivity index is 2.71. The summed E-state index contributed by atoms with van der Waals surface area (Å²) in [6.07, 6.45) is -2.03. The van der Waals surface area contributed by atoms with E-state index in [0.29, 0.717) is 6.42 Å². The molecule has 0 aromatic carbocycles. The fraction of sp³-hybridized carbons (Fsp3) is 0.900. The first-order valence-electron chi connectivity index (χ1n) is 5.20. The molecule has 6 heteroatoms. The lowest BCUT2D eigenvalue weighted by Gasteiger charge is -2.40. The zero-order valence-electron chi connectivity index (χ0n) is 10.0. The summed E-state index contributed by atoms with van der Waals surface area (Å²) in [5, 5.41) is 9.72. The van der Waals surface area contributed by atoms with Crippen molar-refractivity contribution in [3.63, 3.8) is 0 Å². The van der Waals surface area contributed by atoms with Crippen LogP contribution in [0.3, 0.4) is 0 Å². The van der Waals surface area contributed by atoms with E-state index in [4.69, 9.17) is 9.47 Å². The van der Waals surface area contributed by atoms with Gasteiger partial charge >= 0.3 is 6.16 Å². The van der Waals surface area contributed by atoms with Crippen LogP contribution in [0, 0.1) is 0 Å². The van der Waals surface area contributed by atoms with E-state index >= 15 is 0 Å². The van der Waals surface area contributed by atoms with Gasteiger partial charge in [-0.05, 0) is 27.4 Å². The number of carbonyl (C=O) groups is 1. The Labute approximate surface area is 95.1 Å². The normalized spacial score (nSPS) is 34.9. The molecule has 0 bridgehead atoms. The van der Waals surface area contributed by atoms with Crippen LogP contribution in [0.2, 0.25) is 0 Å². The van der Waals surface area contributed by atoms with E-state index in [1.807, 2.05) is 25.9 Å². The Bertz CT molecular complexity index is 245. The quantitative estimate of drug-likeness (QED) is 0.687. The number of methoxy groups -OCH3 is 1. The van der Waals surface area contributed by atoms with Gasteiger partial charge in [0.1, 0.15) is 0 Å². The predicted octanol–water partition coefficient (Wildman–Crippen LogP) is 0.195. The number of aliphatic hydroxyl groups excluding tert-OH is 1. The van der Waals surface area contributed by atoms with Crippen LogP contribution in [0.1, 0.15) is 13.3 Å². The van der Waals surface area contributed by atoms with Gasteiger partial charge in [0.25, 0.3) is 0 Å². The highest BCUT2D eigenvalue weighted by atomic mass is 16.7. The first kappa shape index (κ1) is 13.2. The lowest BCUT2D eigenvalue weighted by atomic mass is 9.99. The molecule has 0 radical (unpaired) electrons. The summed E-state index contributed by atoms with van der Waals surface area (Å²) in [6.45, 7) is 1.87. The van der Waals surface area contributed by atoms with Crippen LogP contribution in [0.15, 0.2) is 0 Å². The highest BCUT2D eigenvalue weighted by Crippen LogP contribution is 2.24. The lowest BCUT2D eigenvalue weighted by Crippen LogP contribution is -2.55. The van der Waals surface area contributed by atoms with Gasteiger partial charge in [-0.3, -0.25) is 0 Å². The number of hydrogen-bond acceptors (Lipinski definition) is 6. The number of aliphatic hydroxyl groups is 1. The molecular formula is C10H19NO5. The van der Waals surface area contributed by atoms with Gasteiger partial charge < -0.3 is 24.2 Å². The van der Waals surface area contributed by atoms with Crippen LogP contribution in [-0.2, 0) is 14.2 Å². The van der Waals surface area contributed by atoms with Crippen molar-refractivity contribution < 1.29 is 24.1 Å². The van der Waals surface area contributed by atoms with Gasteiger partial charge in [-0.1, -0.05) is 0 Å². The second-order valence-corrected chi connectivity index (χ2v) is 4.14. The average molecular weight is 233 g/mol. The summed E-state index contributed by atoms with van der Waals surface area (Å²) in [4.78, 5) is 12.9. The molecule has 0 saturated carbocycles. The van der Waals surface area contributed by atoms with Gasteiger partial charge in [-0.2, -0.15) is 0 Å². The lowest BCUT2D eigenvalue weighted by molar-refractivity contribution is -0.233. The molecule has 4 atom stereocenters. The van der Waals surface area contributed by atoms with Crippen molar-refractivity contribution in [2.45, 2.75) is 37.9 Å². The molecule has 1 aliphatic heterocycles. The Morgan fingerprint density at radius 2 is 2.12 bits per heavy atom. The molecule has 1 rings (SSSR count). The van der Waals surface area contributed by atoms with Crippen LogP contribution >= 0.6 is 0 Å². The van der Waals surface area contributed by atoms with E-state index in [1.165, 1.54) is 7.11 Å². The van der Waals surface area contributed by atoms with Crippen molar-refractivity contribution in [2.24, 2.45) is 0 Å². The molecule has 0 amide bonds. The van der Waals surface area contributed by atoms with Crippen molar-refractivity contribution >= 4 is 6.16 Å². The van der Waals surface area contributed by atoms with E-state index in [-0.39, 0.29) is 12.1 Å². The largest absolute Gasteiger partial charge is 0.508 e. The number of rotatable bonds is 2. The molecule has 1 N–H and O–H groups in total. The Kier molecular flexibility index (Phi) is 4.52. The van der Waals surface area contributed by atoms with Crippen LogP contribution in [0.4, 0.5) is 4.79 Å². The highest BCUT2D eigenvalue weighted by Gasteiger charge is 2.40. The molecule has 0 aliphatic carbocycles. The van der Waals surface area contributed by atoms with Crippen LogP contribution in [0.25, 0.3) is 0 Å². The summed E-state index contributed by atoms with van der Waals surface area (Å²) in [5.41, 5.74) is 0. The summed E-state index contributed by atoms with van der Waals surface area (Å²) in [5.74, 6) is 0. The Morgan fingerprint density at radius 1 is 1.50 bits per heavy atom. The second kappa shape index (κ2) is 5.47. The molecule has 1 aliphatic rings. The third kappa shape index (κ3) is 3.07. The third-order valence-corrected chi connectivity index (χ3v) is 2.67. The molecule has 0 unspecified atom stereocenters. The third-order valence-electron chi connectivity index (χ3n) is 2.67. The van der Waals surface area contributed by atoms with Crippen molar-refractivity contribution in [3.8, 4) is 0 Å². The minimum atomic E-state index is -1.12. The second-order valence-electron chi connectivity index (χ2n) is 4.14. The van der Waals surface area contributed by atoms with E-state index in [1.54, 1.807) is 0 Å². The van der Waals surface area contributed by atoms with Gasteiger partial charge in [0.15, 0.2) is 12.4 Å². The topological polar surface area (TPSA) is 68.2 Å². The summed E-state index contributed by atoms with van der Waals surface area (Å²) in [7, 11) is 4.96. The maximum atomic E-state index is 11.0. The predicted molar refractivity (Wildman–Crippen MR) is 55.9 cm³/mol. The van der Waals surface area contributed by atoms with E-state index in [0.717, 1.165) is 0 Å². The molecule has 16 heavy (non-hydrogen) atoms. The van der Waals surface area contributed by atoms with Gasteiger partial charge in [0, 0.05) is 0 Å². The maximum absolute atomic E-state index is 11.0. The first-order valence-corrected chi connectivity index (χ1v) is 5.20. The van der Waals surface area contributed by atoms with Gasteiger partial charge in [0.2, 0.25) is 0 Å². The zero-order valence-corrected chi connectivity index (χ0v) is 10.0. The van der Waals surface area contributed by atoms with E-state index in [2.05, 4.69) is 4.74 Å². The fourth-order valence-corrected chi connectivity index (χ4v) is 1.84. The van der Waals surface area contributed by atoms with Crippen molar-refractivity contribution in [1.82, 2.24) is 4.90 Å². The molecule has 6 nitrogen and oxygen atoms in total. The van der Waals surface area contributed by atoms with Gasteiger partial charge in [-0.15, -0.1) is 0 Å². The maximum Gasteiger partial charge on any atom is 0.508 e. The number of hydrogen-bond donors (Lipinski definition) is 1. The fourth-order valence-electron chi connectivity index (χ4n) is 1.84. The first-order chi connectivity index (χ1) is 7.45. The molecular weight excluding hydrogens is 214 g/mol. The monoisotopic (exact) mass is 233 g/mol. The summed E-state index contributed by atoms with van der Waals surface area (Å²) in [6, 6.07) is -0.0853. The zero-order chi connectivity index (χ0) is 12.3. The minimum absolute atomic E-state index is 0.0695. The minimum Gasteiger partial charge on any atom is -0.438 e. The molecule has 1 heterocycles. The molecule has 0 aromatic rings. The number of ether oxygens (including phenoxy) is 3. The molecule has 1 fully saturated rings. The average Bonchev–Trinajstić information content (AvgIpc) is 2.20. The van der Waals surface area contributed by atoms with Crippen molar-refractivity contribution in [1.29, 1.82) is 0 Å². The van der Waals surface area contributed by atoms with Gasteiger partial charge in [-0.25, -0.2) is 4.79 Å².